The Morgan fingerprint density at radius 1 is 1.31 bits per heavy atom. The molecule has 0 aliphatic heterocycles. The van der Waals surface area contributed by atoms with Crippen molar-refractivity contribution < 1.29 is 13.2 Å². The van der Waals surface area contributed by atoms with Crippen LogP contribution in [0, 0.1) is 0 Å². The molecule has 0 aliphatic rings. The number of amides is 1. The second kappa shape index (κ2) is 5.96. The summed E-state index contributed by atoms with van der Waals surface area (Å²) in [5.41, 5.74) is 0. The van der Waals surface area contributed by atoms with Crippen LogP contribution in [0.4, 0.5) is 0 Å². The summed E-state index contributed by atoms with van der Waals surface area (Å²) in [4.78, 5) is 10.7. The van der Waals surface area contributed by atoms with E-state index in [0.717, 1.165) is 6.42 Å². The molecule has 0 aromatic rings. The fourth-order valence-corrected chi connectivity index (χ4v) is 1.57. The normalized spacial score (nSPS) is 11.2. The maximum absolute atomic E-state index is 10.7. The van der Waals surface area contributed by atoms with Crippen LogP contribution in [-0.2, 0) is 14.6 Å². The van der Waals surface area contributed by atoms with Crippen molar-refractivity contribution in [3.05, 3.63) is 0 Å². The Morgan fingerprint density at radius 3 is 2.38 bits per heavy atom. The summed E-state index contributed by atoms with van der Waals surface area (Å²) < 4.78 is 21.4. The van der Waals surface area contributed by atoms with Gasteiger partial charge in [0.25, 0.3) is 0 Å². The van der Waals surface area contributed by atoms with E-state index in [1.807, 2.05) is 0 Å². The Balaban J connectivity index is 3.33. The Hall–Kier alpha value is -0.580. The zero-order valence-corrected chi connectivity index (χ0v) is 8.99. The monoisotopic (exact) mass is 207 g/mol. The molecule has 0 rings (SSSR count). The first-order valence-electron chi connectivity index (χ1n) is 4.40. The predicted molar refractivity (Wildman–Crippen MR) is 52.2 cm³/mol. The van der Waals surface area contributed by atoms with Crippen molar-refractivity contribution in [2.45, 2.75) is 26.2 Å². The third kappa shape index (κ3) is 9.33. The molecule has 78 valence electrons. The van der Waals surface area contributed by atoms with Crippen molar-refractivity contribution >= 4 is 15.7 Å². The van der Waals surface area contributed by atoms with Gasteiger partial charge >= 0.3 is 0 Å². The lowest BCUT2D eigenvalue weighted by molar-refractivity contribution is -0.120. The minimum absolute atomic E-state index is 0.0133. The zero-order valence-electron chi connectivity index (χ0n) is 8.17. The first kappa shape index (κ1) is 12.4. The fourth-order valence-electron chi connectivity index (χ4n) is 0.842. The first-order chi connectivity index (χ1) is 5.95. The van der Waals surface area contributed by atoms with Gasteiger partial charge < -0.3 is 5.32 Å². The summed E-state index contributed by atoms with van der Waals surface area (Å²) in [6, 6.07) is 0. The fraction of sp³-hybridized carbons (Fsp3) is 0.875. The second-order valence-electron chi connectivity index (χ2n) is 3.04. The summed E-state index contributed by atoms with van der Waals surface area (Å²) in [7, 11) is -2.84. The average molecular weight is 207 g/mol. The van der Waals surface area contributed by atoms with Gasteiger partial charge in [-0.1, -0.05) is 6.92 Å². The van der Waals surface area contributed by atoms with E-state index < -0.39 is 9.84 Å². The number of unbranched alkanes of at least 4 members (excludes halogenated alkanes) is 1. The molecule has 0 unspecified atom stereocenters. The Kier molecular flexibility index (Phi) is 5.70. The van der Waals surface area contributed by atoms with Crippen molar-refractivity contribution in [1.29, 1.82) is 0 Å². The number of rotatable bonds is 6. The number of sulfone groups is 1. The predicted octanol–water partition coefficient (Wildman–Crippen LogP) is 0.337. The van der Waals surface area contributed by atoms with Crippen LogP contribution in [0.25, 0.3) is 0 Å². The molecule has 0 aromatic heterocycles. The number of hydrogen-bond donors (Lipinski definition) is 1. The third-order valence-corrected chi connectivity index (χ3v) is 2.62. The van der Waals surface area contributed by atoms with Crippen LogP contribution in [0.2, 0.25) is 0 Å². The maximum Gasteiger partial charge on any atom is 0.219 e. The molecule has 0 saturated heterocycles. The largest absolute Gasteiger partial charge is 0.356 e. The van der Waals surface area contributed by atoms with Crippen LogP contribution in [-0.4, -0.2) is 32.9 Å². The molecule has 0 atom stereocenters. The molecule has 0 radical (unpaired) electrons. The van der Waals surface area contributed by atoms with Gasteiger partial charge in [-0.2, -0.15) is 0 Å². The van der Waals surface area contributed by atoms with Gasteiger partial charge in [0, 0.05) is 25.0 Å². The molecule has 0 aromatic carbocycles. The molecule has 4 nitrogen and oxygen atoms in total. The molecular weight excluding hydrogens is 190 g/mol. The van der Waals surface area contributed by atoms with Gasteiger partial charge in [-0.15, -0.1) is 0 Å². The van der Waals surface area contributed by atoms with Gasteiger partial charge in [0.15, 0.2) is 0 Å². The Bertz CT molecular complexity index is 246. The molecular formula is C8H17NO3S. The topological polar surface area (TPSA) is 63.2 Å². The van der Waals surface area contributed by atoms with Crippen LogP contribution in [0.1, 0.15) is 26.2 Å². The maximum atomic E-state index is 10.7. The van der Waals surface area contributed by atoms with E-state index in [1.54, 1.807) is 6.92 Å². The molecule has 1 N–H and O–H groups in total. The molecule has 0 aliphatic carbocycles. The molecule has 0 heterocycles. The highest BCUT2D eigenvalue weighted by Crippen LogP contribution is 1.92. The smallest absolute Gasteiger partial charge is 0.219 e. The third-order valence-electron chi connectivity index (χ3n) is 1.59. The van der Waals surface area contributed by atoms with E-state index in [9.17, 15) is 13.2 Å². The SMILES string of the molecule is CCC(=O)NCCCCS(C)(=O)=O. The van der Waals surface area contributed by atoms with Crippen molar-refractivity contribution in [1.82, 2.24) is 5.32 Å². The molecule has 0 spiro atoms. The van der Waals surface area contributed by atoms with Gasteiger partial charge in [-0.05, 0) is 12.8 Å². The summed E-state index contributed by atoms with van der Waals surface area (Å²) in [5.74, 6) is 0.217. The van der Waals surface area contributed by atoms with Gasteiger partial charge in [-0.3, -0.25) is 4.79 Å². The lowest BCUT2D eigenvalue weighted by Gasteiger charge is -2.02. The molecule has 0 fully saturated rings. The van der Waals surface area contributed by atoms with E-state index in [-0.39, 0.29) is 11.7 Å². The molecule has 0 saturated carbocycles. The van der Waals surface area contributed by atoms with E-state index in [2.05, 4.69) is 5.32 Å². The van der Waals surface area contributed by atoms with Crippen molar-refractivity contribution in [2.75, 3.05) is 18.6 Å². The number of nitrogens with one attached hydrogen (secondary N) is 1. The van der Waals surface area contributed by atoms with E-state index in [1.165, 1.54) is 6.26 Å². The van der Waals surface area contributed by atoms with E-state index in [4.69, 9.17) is 0 Å². The quantitative estimate of drug-likeness (QED) is 0.639. The van der Waals surface area contributed by atoms with Crippen LogP contribution in [0.3, 0.4) is 0 Å². The van der Waals surface area contributed by atoms with E-state index >= 15 is 0 Å². The molecule has 0 bridgehead atoms. The number of carbonyl (C=O) groups is 1. The lowest BCUT2D eigenvalue weighted by atomic mass is 10.3. The van der Waals surface area contributed by atoms with Gasteiger partial charge in [0.05, 0.1) is 0 Å². The minimum Gasteiger partial charge on any atom is -0.356 e. The van der Waals surface area contributed by atoms with Crippen LogP contribution in [0.15, 0.2) is 0 Å². The van der Waals surface area contributed by atoms with Crippen LogP contribution >= 0.6 is 0 Å². The Morgan fingerprint density at radius 2 is 1.92 bits per heavy atom. The van der Waals surface area contributed by atoms with Crippen molar-refractivity contribution in [3.63, 3.8) is 0 Å². The van der Waals surface area contributed by atoms with Crippen LogP contribution in [0.5, 0.6) is 0 Å². The standard InChI is InChI=1S/C8H17NO3S/c1-3-8(10)9-6-4-5-7-13(2,11)12/h3-7H2,1-2H3,(H,9,10). The zero-order chi connectivity index (χ0) is 10.3. The van der Waals surface area contributed by atoms with Gasteiger partial charge in [-0.25, -0.2) is 8.42 Å². The summed E-state index contributed by atoms with van der Waals surface area (Å²) >= 11 is 0. The highest BCUT2D eigenvalue weighted by atomic mass is 32.2. The average Bonchev–Trinajstić information content (AvgIpc) is 2.01. The second-order valence-corrected chi connectivity index (χ2v) is 5.30. The van der Waals surface area contributed by atoms with Crippen LogP contribution < -0.4 is 5.32 Å². The van der Waals surface area contributed by atoms with Gasteiger partial charge in [0.2, 0.25) is 5.91 Å². The Labute approximate surface area is 79.6 Å². The molecule has 1 amide bonds. The minimum atomic E-state index is -2.84. The summed E-state index contributed by atoms with van der Waals surface area (Å²) in [5, 5.41) is 2.68. The highest BCUT2D eigenvalue weighted by molar-refractivity contribution is 7.90. The number of carbonyl (C=O) groups excluding carboxylic acids is 1. The number of hydrogen-bond acceptors (Lipinski definition) is 3. The summed E-state index contributed by atoms with van der Waals surface area (Å²) in [6.07, 6.45) is 3.03. The first-order valence-corrected chi connectivity index (χ1v) is 6.46. The highest BCUT2D eigenvalue weighted by Gasteiger charge is 2.01. The summed E-state index contributed by atoms with van der Waals surface area (Å²) in [6.45, 7) is 2.36. The van der Waals surface area contributed by atoms with Crippen molar-refractivity contribution in [3.8, 4) is 0 Å². The van der Waals surface area contributed by atoms with E-state index in [0.29, 0.717) is 19.4 Å². The molecule has 5 heteroatoms. The van der Waals surface area contributed by atoms with Crippen molar-refractivity contribution in [2.24, 2.45) is 0 Å². The van der Waals surface area contributed by atoms with Gasteiger partial charge in [0.1, 0.15) is 9.84 Å². The lowest BCUT2D eigenvalue weighted by Crippen LogP contribution is -2.23. The molecule has 13 heavy (non-hydrogen) atoms.